The first-order chi connectivity index (χ1) is 6.81. The number of hydrogen-bond acceptors (Lipinski definition) is 4. The van der Waals surface area contributed by atoms with Crippen molar-refractivity contribution in [1.29, 1.82) is 0 Å². The Hall–Kier alpha value is 0.475. The van der Waals surface area contributed by atoms with E-state index in [0.29, 0.717) is 0 Å². The molecule has 9 heteroatoms. The van der Waals surface area contributed by atoms with Crippen LogP contribution in [0.15, 0.2) is 0 Å². The Morgan fingerprint density at radius 2 is 0.944 bits per heavy atom. The smallest absolute Gasteiger partial charge is 0.550 e. The van der Waals surface area contributed by atoms with Crippen molar-refractivity contribution in [2.75, 3.05) is 0 Å². The zero-order valence-corrected chi connectivity index (χ0v) is 15.1. The van der Waals surface area contributed by atoms with Crippen molar-refractivity contribution in [3.63, 3.8) is 0 Å². The summed E-state index contributed by atoms with van der Waals surface area (Å²) in [6.07, 6.45) is 0.556. The van der Waals surface area contributed by atoms with E-state index < -0.39 is 17.9 Å². The van der Waals surface area contributed by atoms with Crippen molar-refractivity contribution in [2.45, 2.75) is 40.0 Å². The third-order valence-electron chi connectivity index (χ3n) is 0.894. The van der Waals surface area contributed by atoms with Gasteiger partial charge in [0.2, 0.25) is 0 Å². The maximum absolute atomic E-state index is 9.37. The molecule has 0 aliphatic rings. The van der Waals surface area contributed by atoms with Gasteiger partial charge < -0.3 is 20.1 Å². The van der Waals surface area contributed by atoms with Crippen LogP contribution in [0.3, 0.4) is 0 Å². The second kappa shape index (κ2) is 30.5. The van der Waals surface area contributed by atoms with Crippen LogP contribution in [0.4, 0.5) is 0 Å². The van der Waals surface area contributed by atoms with Gasteiger partial charge >= 0.3 is 71.1 Å². The minimum atomic E-state index is -0.995. The second-order valence-electron chi connectivity index (χ2n) is 2.22. The predicted molar refractivity (Wildman–Crippen MR) is 62.5 cm³/mol. The van der Waals surface area contributed by atoms with Gasteiger partial charge in [-0.15, -0.1) is 0 Å². The van der Waals surface area contributed by atoms with Gasteiger partial charge in [-0.2, -0.15) is 0 Å². The fourth-order valence-corrected chi connectivity index (χ4v) is 0. The maximum Gasteiger partial charge on any atom is 1.00 e. The van der Waals surface area contributed by atoms with Crippen LogP contribution in [0.25, 0.3) is 0 Å². The Kier molecular flexibility index (Phi) is 61.4. The Morgan fingerprint density at radius 3 is 0.944 bits per heavy atom. The van der Waals surface area contributed by atoms with Crippen molar-refractivity contribution in [3.05, 3.63) is 0 Å². The van der Waals surface area contributed by atoms with Gasteiger partial charge in [0.05, 0.1) is 0 Å². The number of carboxylic acid groups (broad SMARTS) is 3. The van der Waals surface area contributed by atoms with Crippen LogP contribution in [0.1, 0.15) is 40.0 Å². The molecule has 0 atom stereocenters. The molecule has 0 aliphatic carbocycles. The molecule has 0 bridgehead atoms. The maximum atomic E-state index is 9.37. The minimum absolute atomic E-state index is 0. The molecule has 2 N–H and O–H groups in total. The molecule has 0 unspecified atom stereocenters. The summed E-state index contributed by atoms with van der Waals surface area (Å²) >= 11 is 0. The molecule has 6 nitrogen and oxygen atoms in total. The summed E-state index contributed by atoms with van der Waals surface area (Å²) in [6.45, 7) is 4.74. The molecule has 0 aromatic carbocycles. The van der Waals surface area contributed by atoms with E-state index in [2.05, 4.69) is 0 Å². The SMILES string of the molecule is CCC(=O)O.CCC(=O)O.CCC(=O)[O-].[BH4-].[Na+].[Na+]. The van der Waals surface area contributed by atoms with E-state index in [4.69, 9.17) is 10.2 Å². The summed E-state index contributed by atoms with van der Waals surface area (Å²) in [7, 11) is 0. The molecule has 0 heterocycles. The third-order valence-corrected chi connectivity index (χ3v) is 0.894. The summed E-state index contributed by atoms with van der Waals surface area (Å²) in [4.78, 5) is 28.0. The Labute approximate surface area is 154 Å². The predicted octanol–water partition coefficient (Wildman–Crippen LogP) is -7.34. The van der Waals surface area contributed by atoms with Crippen molar-refractivity contribution in [2.24, 2.45) is 0 Å². The van der Waals surface area contributed by atoms with Crippen molar-refractivity contribution < 1.29 is 88.8 Å². The van der Waals surface area contributed by atoms with Gasteiger partial charge in [-0.1, -0.05) is 29.2 Å². The first kappa shape index (κ1) is 36.3. The molecule has 0 rings (SSSR count). The topological polar surface area (TPSA) is 115 Å². The van der Waals surface area contributed by atoms with E-state index in [-0.39, 0.29) is 86.8 Å². The summed E-state index contributed by atoms with van der Waals surface area (Å²) in [5.74, 6) is -2.49. The standard InChI is InChI=1S/3C3H6O2.BH4.2Na/c3*1-2-3(4)5;;;/h3*2H2,1H3,(H,4,5);1H4;;/q;;;-1;2*+1/p-1. The number of rotatable bonds is 3. The minimum Gasteiger partial charge on any atom is -0.550 e. The van der Waals surface area contributed by atoms with Gasteiger partial charge in [0.15, 0.2) is 0 Å². The number of carbonyl (C=O) groups excluding carboxylic acids is 1. The number of carbonyl (C=O) groups is 3. The first-order valence-corrected chi connectivity index (χ1v) is 4.45. The Bertz CT molecular complexity index is 168. The molecule has 0 fully saturated rings. The van der Waals surface area contributed by atoms with Gasteiger partial charge in [0.25, 0.3) is 0 Å². The number of carboxylic acids is 3. The molecular weight excluding hydrogens is 261 g/mol. The van der Waals surface area contributed by atoms with Gasteiger partial charge in [-0.05, 0) is 6.42 Å². The third kappa shape index (κ3) is 94.1. The molecule has 0 aromatic heterocycles. The van der Waals surface area contributed by atoms with Crippen LogP contribution in [0, 0.1) is 0 Å². The van der Waals surface area contributed by atoms with Gasteiger partial charge in [-0.25, -0.2) is 0 Å². The summed E-state index contributed by atoms with van der Waals surface area (Å²) in [6, 6.07) is 0. The molecule has 18 heavy (non-hydrogen) atoms. The summed E-state index contributed by atoms with van der Waals surface area (Å²) < 4.78 is 0. The summed E-state index contributed by atoms with van der Waals surface area (Å²) in [5, 5.41) is 24.7. The van der Waals surface area contributed by atoms with E-state index >= 15 is 0 Å². The van der Waals surface area contributed by atoms with E-state index in [1.54, 1.807) is 13.8 Å². The Balaban J connectivity index is -0.0000000277. The van der Waals surface area contributed by atoms with Crippen molar-refractivity contribution in [3.8, 4) is 0 Å². The molecule has 0 saturated carbocycles. The molecule has 0 radical (unpaired) electrons. The monoisotopic (exact) mass is 282 g/mol. The fraction of sp³-hybridized carbons (Fsp3) is 0.667. The van der Waals surface area contributed by atoms with Crippen LogP contribution in [0.2, 0.25) is 0 Å². The van der Waals surface area contributed by atoms with Gasteiger partial charge in [0.1, 0.15) is 0 Å². The van der Waals surface area contributed by atoms with Crippen LogP contribution in [-0.2, 0) is 14.4 Å². The van der Waals surface area contributed by atoms with Crippen LogP contribution >= 0.6 is 0 Å². The molecule has 0 spiro atoms. The first-order valence-electron chi connectivity index (χ1n) is 4.45. The zero-order chi connectivity index (χ0) is 12.9. The van der Waals surface area contributed by atoms with Crippen LogP contribution in [0.5, 0.6) is 0 Å². The number of hydrogen-bond donors (Lipinski definition) is 2. The van der Waals surface area contributed by atoms with Gasteiger partial charge in [0, 0.05) is 18.8 Å². The van der Waals surface area contributed by atoms with E-state index in [1.165, 1.54) is 6.92 Å². The average molecular weight is 282 g/mol. The average Bonchev–Trinajstić information content (AvgIpc) is 2.19. The van der Waals surface area contributed by atoms with E-state index in [1.807, 2.05) is 0 Å². The van der Waals surface area contributed by atoms with Crippen LogP contribution < -0.4 is 64.2 Å². The van der Waals surface area contributed by atoms with E-state index in [9.17, 15) is 19.5 Å². The number of aliphatic carboxylic acids is 3. The summed E-state index contributed by atoms with van der Waals surface area (Å²) in [5.41, 5.74) is 0. The largest absolute Gasteiger partial charge is 1.00 e. The molecule has 98 valence electrons. The quantitative estimate of drug-likeness (QED) is 0.497. The van der Waals surface area contributed by atoms with Crippen molar-refractivity contribution >= 4 is 26.3 Å². The van der Waals surface area contributed by atoms with Crippen molar-refractivity contribution in [1.82, 2.24) is 0 Å². The molecule has 0 amide bonds. The van der Waals surface area contributed by atoms with Crippen LogP contribution in [-0.4, -0.2) is 36.5 Å². The molecule has 0 saturated heterocycles. The Morgan fingerprint density at radius 1 is 0.833 bits per heavy atom. The molecular formula is C9H21BNa2O6. The van der Waals surface area contributed by atoms with Gasteiger partial charge in [-0.3, -0.25) is 9.59 Å². The molecule has 0 aliphatic heterocycles. The molecule has 0 aromatic rings. The fourth-order valence-electron chi connectivity index (χ4n) is 0. The van der Waals surface area contributed by atoms with E-state index in [0.717, 1.165) is 0 Å². The second-order valence-corrected chi connectivity index (χ2v) is 2.22. The normalized spacial score (nSPS) is 6.17. The zero-order valence-electron chi connectivity index (χ0n) is 11.1.